The van der Waals surface area contributed by atoms with E-state index in [0.717, 1.165) is 12.8 Å². The lowest BCUT2D eigenvalue weighted by Crippen LogP contribution is -2.47. The topological polar surface area (TPSA) is 195 Å². The Hall–Kier alpha value is -1.69. The number of nitrogens with one attached hydrogen (secondary N) is 2. The average Bonchev–Trinajstić information content (AvgIpc) is 2.48. The van der Waals surface area contributed by atoms with Gasteiger partial charge in [0.05, 0.1) is 6.61 Å². The molecule has 0 aliphatic carbocycles. The average molecular weight is 401 g/mol. The summed E-state index contributed by atoms with van der Waals surface area (Å²) in [6.45, 7) is 0.619. The zero-order valence-corrected chi connectivity index (χ0v) is 15.5. The summed E-state index contributed by atoms with van der Waals surface area (Å²) in [4.78, 5) is 26.0. The Labute approximate surface area is 147 Å². The van der Waals surface area contributed by atoms with Gasteiger partial charge in [-0.25, -0.2) is 13.2 Å². The van der Waals surface area contributed by atoms with Crippen molar-refractivity contribution < 1.29 is 32.6 Å². The van der Waals surface area contributed by atoms with Gasteiger partial charge in [0.15, 0.2) is 5.96 Å². The second-order valence-corrected chi connectivity index (χ2v) is 7.88. The van der Waals surface area contributed by atoms with Crippen LogP contribution in [0, 0.1) is 0 Å². The number of aliphatic imine (C=N–C) groups is 1. The molecular weight excluding hydrogens is 377 g/mol. The summed E-state index contributed by atoms with van der Waals surface area (Å²) in [5.74, 6) is -1.40. The molecule has 25 heavy (non-hydrogen) atoms. The van der Waals surface area contributed by atoms with E-state index in [2.05, 4.69) is 10.3 Å². The summed E-state index contributed by atoms with van der Waals surface area (Å²) >= 11 is 0. The summed E-state index contributed by atoms with van der Waals surface area (Å²) in [6, 6.07) is -1.50. The molecule has 146 valence electrons. The number of hydrogen-bond acceptors (Lipinski definition) is 7. The van der Waals surface area contributed by atoms with Crippen LogP contribution in [0.4, 0.5) is 4.79 Å². The fourth-order valence-electron chi connectivity index (χ4n) is 1.43. The van der Waals surface area contributed by atoms with Crippen molar-refractivity contribution in [3.8, 4) is 0 Å². The molecule has 12 nitrogen and oxygen atoms in total. The summed E-state index contributed by atoms with van der Waals surface area (Å²) in [6.07, 6.45) is 0.602. The lowest BCUT2D eigenvalue weighted by Gasteiger charge is -2.13. The zero-order valence-electron chi connectivity index (χ0n) is 13.5. The van der Waals surface area contributed by atoms with E-state index in [1.807, 2.05) is 4.72 Å². The van der Waals surface area contributed by atoms with Crippen LogP contribution in [0.25, 0.3) is 0 Å². The first-order valence-electron chi connectivity index (χ1n) is 7.18. The third-order valence-electron chi connectivity index (χ3n) is 2.51. The number of guanidine groups is 1. The maximum absolute atomic E-state index is 11.4. The van der Waals surface area contributed by atoms with Crippen LogP contribution in [0.3, 0.4) is 0 Å². The Bertz CT molecular complexity index is 553. The van der Waals surface area contributed by atoms with Crippen LogP contribution in [-0.4, -0.2) is 70.5 Å². The fourth-order valence-corrected chi connectivity index (χ4v) is 2.51. The Kier molecular flexibility index (Phi) is 11.8. The smallest absolute Gasteiger partial charge is 0.407 e. The second kappa shape index (κ2) is 12.6. The van der Waals surface area contributed by atoms with Crippen LogP contribution in [0.1, 0.15) is 12.8 Å². The SMILES string of the molecule is NC(N)=NCCCCOCCOC(=O)NCC(NS(=O)(=O)P)C(=O)O. The number of alkyl carbamates (subject to hydrolysis) is 1. The quantitative estimate of drug-likeness (QED) is 0.0998. The van der Waals surface area contributed by atoms with Crippen molar-refractivity contribution in [3.63, 3.8) is 0 Å². The van der Waals surface area contributed by atoms with Gasteiger partial charge in [-0.15, -0.1) is 0 Å². The molecule has 7 N–H and O–H groups in total. The highest BCUT2D eigenvalue weighted by Gasteiger charge is 2.22. The molecule has 14 heteroatoms. The number of carbonyl (C=O) groups excluding carboxylic acids is 1. The molecule has 0 bridgehead atoms. The van der Waals surface area contributed by atoms with Gasteiger partial charge in [0.2, 0.25) is 9.64 Å². The summed E-state index contributed by atoms with van der Waals surface area (Å²) in [5, 5.41) is 11.0. The largest absolute Gasteiger partial charge is 0.480 e. The number of carbonyl (C=O) groups is 2. The number of rotatable bonds is 13. The molecule has 0 heterocycles. The van der Waals surface area contributed by atoms with Crippen LogP contribution in [0.5, 0.6) is 0 Å². The van der Waals surface area contributed by atoms with Crippen LogP contribution < -0.4 is 21.5 Å². The van der Waals surface area contributed by atoms with Gasteiger partial charge in [-0.1, -0.05) is 0 Å². The molecule has 0 fully saturated rings. The standard InChI is InChI=1S/C11H24N5O7PS/c12-10(13)14-3-1-2-4-22-5-6-23-11(19)15-7-8(9(17)18)16-25(20,21)24/h8,16H,1-7,24H2,(H,15,19)(H,17,18)(H4,12,13,14). The van der Waals surface area contributed by atoms with E-state index < -0.39 is 34.3 Å². The molecule has 1 amide bonds. The van der Waals surface area contributed by atoms with Crippen LogP contribution in [0.2, 0.25) is 0 Å². The van der Waals surface area contributed by atoms with Crippen molar-refractivity contribution in [1.82, 2.24) is 10.0 Å². The molecule has 0 spiro atoms. The van der Waals surface area contributed by atoms with E-state index >= 15 is 0 Å². The van der Waals surface area contributed by atoms with Gasteiger partial charge in [0.1, 0.15) is 12.6 Å². The number of amides is 1. The number of carboxylic acid groups (broad SMARTS) is 1. The minimum Gasteiger partial charge on any atom is -0.480 e. The van der Waals surface area contributed by atoms with Crippen molar-refractivity contribution in [3.05, 3.63) is 0 Å². The van der Waals surface area contributed by atoms with Gasteiger partial charge < -0.3 is 31.4 Å². The predicted octanol–water partition coefficient (Wildman–Crippen LogP) is -2.05. The number of aliphatic carboxylic acids is 1. The molecule has 0 aliphatic heterocycles. The third-order valence-corrected chi connectivity index (χ3v) is 3.53. The molecule has 0 rings (SSSR count). The maximum atomic E-state index is 11.4. The summed E-state index contributed by atoms with van der Waals surface area (Å²) < 4.78 is 33.7. The third kappa shape index (κ3) is 15.6. The van der Waals surface area contributed by atoms with E-state index in [1.54, 1.807) is 0 Å². The van der Waals surface area contributed by atoms with Crippen molar-refractivity contribution in [2.75, 3.05) is 32.9 Å². The van der Waals surface area contributed by atoms with E-state index in [-0.39, 0.29) is 19.2 Å². The van der Waals surface area contributed by atoms with Crippen molar-refractivity contribution in [2.24, 2.45) is 16.5 Å². The van der Waals surface area contributed by atoms with Gasteiger partial charge in [-0.05, 0) is 12.8 Å². The van der Waals surface area contributed by atoms with Gasteiger partial charge in [-0.3, -0.25) is 9.79 Å². The normalized spacial score (nSPS) is 12.2. The van der Waals surface area contributed by atoms with E-state index in [4.69, 9.17) is 26.0 Å². The molecule has 0 saturated heterocycles. The number of unbranched alkanes of at least 4 members (excludes halogenated alkanes) is 1. The molecule has 0 aromatic rings. The van der Waals surface area contributed by atoms with Gasteiger partial charge in [0, 0.05) is 28.1 Å². The van der Waals surface area contributed by atoms with E-state index in [9.17, 15) is 18.0 Å². The Balaban J connectivity index is 3.76. The van der Waals surface area contributed by atoms with Gasteiger partial charge in [0.25, 0.3) is 0 Å². The van der Waals surface area contributed by atoms with Gasteiger partial charge >= 0.3 is 12.1 Å². The Morgan fingerprint density at radius 2 is 1.88 bits per heavy atom. The van der Waals surface area contributed by atoms with Crippen LogP contribution in [0.15, 0.2) is 4.99 Å². The highest BCUT2D eigenvalue weighted by Crippen LogP contribution is 1.98. The van der Waals surface area contributed by atoms with Crippen LogP contribution >= 0.6 is 8.44 Å². The lowest BCUT2D eigenvalue weighted by atomic mass is 10.3. The van der Waals surface area contributed by atoms with E-state index in [0.29, 0.717) is 13.2 Å². The lowest BCUT2D eigenvalue weighted by molar-refractivity contribution is -0.138. The highest BCUT2D eigenvalue weighted by molar-refractivity contribution is 8.36. The number of nitrogens with zero attached hydrogens (tertiary/aromatic N) is 1. The van der Waals surface area contributed by atoms with Gasteiger partial charge in [-0.2, -0.15) is 4.72 Å². The molecule has 0 aliphatic rings. The summed E-state index contributed by atoms with van der Waals surface area (Å²) in [5.41, 5.74) is 10.3. The zero-order chi connectivity index (χ0) is 19.3. The molecule has 0 radical (unpaired) electrons. The summed E-state index contributed by atoms with van der Waals surface area (Å²) in [7, 11) is -2.35. The molecule has 0 aromatic heterocycles. The first-order chi connectivity index (χ1) is 11.6. The van der Waals surface area contributed by atoms with Crippen molar-refractivity contribution in [1.29, 1.82) is 0 Å². The van der Waals surface area contributed by atoms with Crippen LogP contribution in [-0.2, 0) is 23.9 Å². The molecule has 0 saturated carbocycles. The maximum Gasteiger partial charge on any atom is 0.407 e. The second-order valence-electron chi connectivity index (χ2n) is 4.70. The Morgan fingerprint density at radius 1 is 1.20 bits per heavy atom. The first-order valence-corrected chi connectivity index (χ1v) is 10.1. The van der Waals surface area contributed by atoms with Crippen molar-refractivity contribution >= 4 is 36.1 Å². The number of carboxylic acids is 1. The molecule has 2 atom stereocenters. The number of nitrogens with two attached hydrogens (primary N) is 2. The molecule has 0 aromatic carbocycles. The Morgan fingerprint density at radius 3 is 2.44 bits per heavy atom. The number of hydrogen-bond donors (Lipinski definition) is 5. The minimum atomic E-state index is -3.80. The predicted molar refractivity (Wildman–Crippen MR) is 93.3 cm³/mol. The highest BCUT2D eigenvalue weighted by atomic mass is 32.7. The first kappa shape index (κ1) is 23.3. The monoisotopic (exact) mass is 401 g/mol. The van der Waals surface area contributed by atoms with Crippen molar-refractivity contribution in [2.45, 2.75) is 18.9 Å². The molecule has 2 unspecified atom stereocenters. The minimum absolute atomic E-state index is 0.0349. The molecular formula is C11H24N5O7PS. The fraction of sp³-hybridized carbons (Fsp3) is 0.727. The van der Waals surface area contributed by atoms with E-state index in [1.165, 1.54) is 8.44 Å². The number of ether oxygens (including phenoxy) is 2.